The number of hydrogen-bond donors (Lipinski definition) is 2. The van der Waals surface area contributed by atoms with Gasteiger partial charge in [-0.2, -0.15) is 0 Å². The van der Waals surface area contributed by atoms with E-state index in [1.807, 2.05) is 30.3 Å². The van der Waals surface area contributed by atoms with Gasteiger partial charge in [0.15, 0.2) is 0 Å². The largest absolute Gasteiger partial charge is 0.481 e. The van der Waals surface area contributed by atoms with Crippen LogP contribution in [-0.2, 0) is 11.3 Å². The maximum atomic E-state index is 13.4. The van der Waals surface area contributed by atoms with Crippen molar-refractivity contribution in [1.82, 2.24) is 14.8 Å². The summed E-state index contributed by atoms with van der Waals surface area (Å²) in [6, 6.07) is 13.4. The first-order valence-corrected chi connectivity index (χ1v) is 11.3. The lowest BCUT2D eigenvalue weighted by atomic mass is 10.0. The topological polar surface area (TPSA) is 85.8 Å². The van der Waals surface area contributed by atoms with Crippen LogP contribution >= 0.6 is 0 Å². The van der Waals surface area contributed by atoms with Crippen LogP contribution in [-0.4, -0.2) is 63.5 Å². The van der Waals surface area contributed by atoms with Crippen LogP contribution in [0.15, 0.2) is 48.7 Å². The van der Waals surface area contributed by atoms with Crippen LogP contribution in [0, 0.1) is 5.92 Å². The molecule has 1 saturated heterocycles. The SMILES string of the molecule is CC(C)CCNc1ncccc1C(=O)N1C[C@H](CC(=O)O)N(Cc2ccccc2)[C@@H](C)C1. The smallest absolute Gasteiger partial charge is 0.305 e. The zero-order chi connectivity index (χ0) is 23.1. The molecule has 7 heteroatoms. The van der Waals surface area contributed by atoms with E-state index in [0.29, 0.717) is 36.9 Å². The zero-order valence-corrected chi connectivity index (χ0v) is 19.2. The Kier molecular flexibility index (Phi) is 8.22. The number of carboxylic acid groups (broad SMARTS) is 1. The monoisotopic (exact) mass is 438 g/mol. The van der Waals surface area contributed by atoms with Gasteiger partial charge in [-0.25, -0.2) is 4.98 Å². The third-order valence-corrected chi connectivity index (χ3v) is 5.91. The lowest BCUT2D eigenvalue weighted by molar-refractivity contribution is -0.139. The lowest BCUT2D eigenvalue weighted by Gasteiger charge is -2.45. The normalized spacial score (nSPS) is 19.2. The number of amides is 1. The molecule has 0 saturated carbocycles. The summed E-state index contributed by atoms with van der Waals surface area (Å²) in [5.74, 6) is 0.187. The van der Waals surface area contributed by atoms with Gasteiger partial charge in [0.2, 0.25) is 0 Å². The quantitative estimate of drug-likeness (QED) is 0.621. The second-order valence-corrected chi connectivity index (χ2v) is 8.98. The van der Waals surface area contributed by atoms with Gasteiger partial charge in [-0.1, -0.05) is 44.2 Å². The Balaban J connectivity index is 1.76. The van der Waals surface area contributed by atoms with Crippen molar-refractivity contribution in [3.63, 3.8) is 0 Å². The maximum Gasteiger partial charge on any atom is 0.305 e. The summed E-state index contributed by atoms with van der Waals surface area (Å²) in [6.45, 7) is 8.71. The highest BCUT2D eigenvalue weighted by atomic mass is 16.4. The summed E-state index contributed by atoms with van der Waals surface area (Å²) in [7, 11) is 0. The number of pyridine rings is 1. The van der Waals surface area contributed by atoms with Crippen molar-refractivity contribution in [1.29, 1.82) is 0 Å². The summed E-state index contributed by atoms with van der Waals surface area (Å²) in [5.41, 5.74) is 1.67. The van der Waals surface area contributed by atoms with Gasteiger partial charge in [0.25, 0.3) is 5.91 Å². The van der Waals surface area contributed by atoms with Gasteiger partial charge in [-0.05, 0) is 37.0 Å². The fourth-order valence-electron chi connectivity index (χ4n) is 4.21. The van der Waals surface area contributed by atoms with Crippen molar-refractivity contribution < 1.29 is 14.7 Å². The number of nitrogens with one attached hydrogen (secondary N) is 1. The van der Waals surface area contributed by atoms with Gasteiger partial charge in [0.05, 0.1) is 12.0 Å². The van der Waals surface area contributed by atoms with E-state index >= 15 is 0 Å². The Labute approximate surface area is 190 Å². The number of carboxylic acids is 1. The second-order valence-electron chi connectivity index (χ2n) is 8.98. The molecule has 0 radical (unpaired) electrons. The third kappa shape index (κ3) is 6.29. The Morgan fingerprint density at radius 1 is 1.16 bits per heavy atom. The van der Waals surface area contributed by atoms with Crippen LogP contribution in [0.1, 0.15) is 49.5 Å². The molecule has 0 bridgehead atoms. The van der Waals surface area contributed by atoms with Crippen LogP contribution in [0.5, 0.6) is 0 Å². The molecule has 2 atom stereocenters. The van der Waals surface area contributed by atoms with Crippen molar-refractivity contribution in [2.45, 2.75) is 52.2 Å². The minimum Gasteiger partial charge on any atom is -0.481 e. The summed E-state index contributed by atoms with van der Waals surface area (Å²) in [5, 5.41) is 12.8. The first-order valence-electron chi connectivity index (χ1n) is 11.3. The van der Waals surface area contributed by atoms with E-state index in [4.69, 9.17) is 0 Å². The van der Waals surface area contributed by atoms with E-state index < -0.39 is 5.97 Å². The molecule has 2 aromatic rings. The number of rotatable bonds is 9. The highest BCUT2D eigenvalue weighted by molar-refractivity contribution is 5.98. The average molecular weight is 439 g/mol. The molecule has 7 nitrogen and oxygen atoms in total. The molecule has 1 aromatic carbocycles. The van der Waals surface area contributed by atoms with Gasteiger partial charge >= 0.3 is 5.97 Å². The minimum atomic E-state index is -0.855. The third-order valence-electron chi connectivity index (χ3n) is 5.91. The van der Waals surface area contributed by atoms with Crippen LogP contribution in [0.2, 0.25) is 0 Å². The summed E-state index contributed by atoms with van der Waals surface area (Å²) in [6.07, 6.45) is 2.66. The first-order chi connectivity index (χ1) is 15.3. The Morgan fingerprint density at radius 3 is 2.59 bits per heavy atom. The molecule has 0 spiro atoms. The van der Waals surface area contributed by atoms with Crippen LogP contribution in [0.4, 0.5) is 5.82 Å². The Bertz CT molecular complexity index is 903. The van der Waals surface area contributed by atoms with E-state index in [-0.39, 0.29) is 24.4 Å². The molecule has 1 aliphatic rings. The number of carbonyl (C=O) groups is 2. The Morgan fingerprint density at radius 2 is 1.91 bits per heavy atom. The second kappa shape index (κ2) is 11.1. The number of hydrogen-bond acceptors (Lipinski definition) is 5. The van der Waals surface area contributed by atoms with E-state index in [1.165, 1.54) is 0 Å². The summed E-state index contributed by atoms with van der Waals surface area (Å²) in [4.78, 5) is 33.4. The van der Waals surface area contributed by atoms with Gasteiger partial charge in [0.1, 0.15) is 5.82 Å². The fourth-order valence-corrected chi connectivity index (χ4v) is 4.21. The van der Waals surface area contributed by atoms with E-state index in [1.54, 1.807) is 23.2 Å². The number of anilines is 1. The zero-order valence-electron chi connectivity index (χ0n) is 19.2. The molecule has 1 aromatic heterocycles. The maximum absolute atomic E-state index is 13.4. The first kappa shape index (κ1) is 23.7. The minimum absolute atomic E-state index is 0.00646. The van der Waals surface area contributed by atoms with Crippen molar-refractivity contribution >= 4 is 17.7 Å². The number of piperazine rings is 1. The molecule has 0 unspecified atom stereocenters. The van der Waals surface area contributed by atoms with Crippen LogP contribution < -0.4 is 5.32 Å². The predicted molar refractivity (Wildman–Crippen MR) is 126 cm³/mol. The average Bonchev–Trinajstić information content (AvgIpc) is 2.76. The standard InChI is InChI=1S/C25H34N4O3/c1-18(2)11-13-27-24-22(10-7-12-26-24)25(32)28-15-19(3)29(21(17-28)14-23(30)31)16-20-8-5-4-6-9-20/h4-10,12,18-19,21H,11,13-17H2,1-3H3,(H,26,27)(H,30,31)/t19-,21-/m0/s1. The molecular weight excluding hydrogens is 404 g/mol. The summed E-state index contributed by atoms with van der Waals surface area (Å²) < 4.78 is 0. The molecule has 172 valence electrons. The molecule has 1 amide bonds. The number of carbonyl (C=O) groups excluding carboxylic acids is 1. The van der Waals surface area contributed by atoms with Gasteiger partial charge < -0.3 is 15.3 Å². The van der Waals surface area contributed by atoms with Crippen LogP contribution in [0.25, 0.3) is 0 Å². The van der Waals surface area contributed by atoms with Gasteiger partial charge in [-0.3, -0.25) is 14.5 Å². The number of aliphatic carboxylic acids is 1. The number of nitrogens with zero attached hydrogens (tertiary/aromatic N) is 3. The van der Waals surface area contributed by atoms with Gasteiger partial charge in [0, 0.05) is 44.5 Å². The van der Waals surface area contributed by atoms with Gasteiger partial charge in [-0.15, -0.1) is 0 Å². The molecule has 2 N–H and O–H groups in total. The predicted octanol–water partition coefficient (Wildman–Crippen LogP) is 3.73. The molecule has 2 heterocycles. The highest BCUT2D eigenvalue weighted by Crippen LogP contribution is 2.24. The molecule has 3 rings (SSSR count). The number of benzene rings is 1. The molecular formula is C25H34N4O3. The fraction of sp³-hybridized carbons (Fsp3) is 0.480. The highest BCUT2D eigenvalue weighted by Gasteiger charge is 2.36. The van der Waals surface area contributed by atoms with Crippen molar-refractivity contribution in [3.8, 4) is 0 Å². The molecule has 32 heavy (non-hydrogen) atoms. The van der Waals surface area contributed by atoms with Crippen molar-refractivity contribution in [2.75, 3.05) is 25.0 Å². The summed E-state index contributed by atoms with van der Waals surface area (Å²) >= 11 is 0. The molecule has 1 aliphatic heterocycles. The molecule has 0 aliphatic carbocycles. The van der Waals surface area contributed by atoms with Crippen molar-refractivity contribution in [3.05, 3.63) is 59.8 Å². The Hall–Kier alpha value is -2.93. The van der Waals surface area contributed by atoms with E-state index in [0.717, 1.165) is 18.5 Å². The van der Waals surface area contributed by atoms with E-state index in [2.05, 4.69) is 36.0 Å². The van der Waals surface area contributed by atoms with Crippen molar-refractivity contribution in [2.24, 2.45) is 5.92 Å². The van der Waals surface area contributed by atoms with Crippen LogP contribution in [0.3, 0.4) is 0 Å². The van der Waals surface area contributed by atoms with E-state index in [9.17, 15) is 14.7 Å². The number of aromatic nitrogens is 1. The molecule has 1 fully saturated rings. The lowest BCUT2D eigenvalue weighted by Crippen LogP contribution is -2.59.